The van der Waals surface area contributed by atoms with Crippen LogP contribution in [0.3, 0.4) is 0 Å². The first-order valence-electron chi connectivity index (χ1n) is 24.2. The molecule has 1 aliphatic carbocycles. The van der Waals surface area contributed by atoms with Gasteiger partial charge < -0.3 is 19.3 Å². The zero-order valence-electron chi connectivity index (χ0n) is 41.4. The molecule has 1 aliphatic rings. The first-order valence-corrected chi connectivity index (χ1v) is 27.4. The smallest absolute Gasteiger partial charge is 0.380 e. The number of alkyl halides is 6. The molecule has 4 nitrogen and oxygen atoms in total. The second kappa shape index (κ2) is 21.5. The van der Waals surface area contributed by atoms with E-state index in [4.69, 9.17) is 55.9 Å². The summed E-state index contributed by atoms with van der Waals surface area (Å²) in [5, 5.41) is 2.14. The molecule has 0 atom stereocenters. The van der Waals surface area contributed by atoms with Gasteiger partial charge in [-0.2, -0.15) is 26.3 Å². The van der Waals surface area contributed by atoms with Gasteiger partial charge in [0, 0.05) is 96.0 Å². The summed E-state index contributed by atoms with van der Waals surface area (Å²) in [7, 11) is 2.91. The lowest BCUT2D eigenvalue weighted by molar-refractivity contribution is -0.254. The number of allylic oxidation sites excluding steroid dienone is 2. The molecule has 0 saturated carbocycles. The Balaban J connectivity index is 1.09. The van der Waals surface area contributed by atoms with E-state index in [1.165, 1.54) is 26.4 Å². The Morgan fingerprint density at radius 2 is 0.582 bits per heavy atom. The lowest BCUT2D eigenvalue weighted by Gasteiger charge is -2.26. The van der Waals surface area contributed by atoms with E-state index in [0.29, 0.717) is 75.0 Å². The van der Waals surface area contributed by atoms with Gasteiger partial charge in [0.15, 0.2) is 0 Å². The van der Waals surface area contributed by atoms with Crippen molar-refractivity contribution in [1.82, 2.24) is 0 Å². The highest BCUT2D eigenvalue weighted by molar-refractivity contribution is 7.19. The number of halogens is 10. The Labute approximate surface area is 479 Å². The lowest BCUT2D eigenvalue weighted by Crippen LogP contribution is -2.48. The van der Waals surface area contributed by atoms with E-state index < -0.39 is 40.0 Å². The second-order valence-corrected chi connectivity index (χ2v) is 22.2. The third-order valence-corrected chi connectivity index (χ3v) is 17.0. The molecular weight excluding hydrogens is 1140 g/mol. The number of thiophene rings is 2. The molecule has 0 N–H and O–H groups in total. The van der Waals surface area contributed by atoms with E-state index in [9.17, 15) is 0 Å². The third kappa shape index (κ3) is 10.0. The number of hydrogen-bond acceptors (Lipinski definition) is 6. The molecule has 8 aromatic carbocycles. The van der Waals surface area contributed by atoms with Crippen molar-refractivity contribution in [2.75, 3.05) is 24.0 Å². The van der Waals surface area contributed by atoms with Crippen LogP contribution in [0.1, 0.15) is 11.1 Å². The van der Waals surface area contributed by atoms with Crippen molar-refractivity contribution in [3.05, 3.63) is 237 Å². The fourth-order valence-electron chi connectivity index (χ4n) is 9.59. The Kier molecular flexibility index (Phi) is 14.6. The molecular formula is C63H40Cl4F6N2O2S2. The normalized spacial score (nSPS) is 14.3. The van der Waals surface area contributed by atoms with Crippen molar-refractivity contribution < 1.29 is 35.8 Å². The molecule has 0 bridgehead atoms. The van der Waals surface area contributed by atoms with E-state index in [0.717, 1.165) is 45.4 Å². The van der Waals surface area contributed by atoms with E-state index in [1.807, 2.05) is 82.6 Å². The van der Waals surface area contributed by atoms with Crippen LogP contribution in [-0.2, 0) is 0 Å². The summed E-state index contributed by atoms with van der Waals surface area (Å²) < 4.78 is 113. The van der Waals surface area contributed by atoms with Crippen molar-refractivity contribution in [3.8, 4) is 53.3 Å². The number of ether oxygens (including phenoxy) is 2. The van der Waals surface area contributed by atoms with Crippen molar-refractivity contribution >= 4 is 114 Å². The van der Waals surface area contributed by atoms with Crippen LogP contribution in [0.4, 0.5) is 60.5 Å². The van der Waals surface area contributed by atoms with Crippen molar-refractivity contribution in [1.29, 1.82) is 0 Å². The molecule has 0 fully saturated rings. The fraction of sp³-hybridized carbons (Fsp3) is 0.0794. The summed E-state index contributed by atoms with van der Waals surface area (Å²) >= 11 is 27.1. The molecule has 2 aromatic heterocycles. The lowest BCUT2D eigenvalue weighted by atomic mass is 9.92. The first kappa shape index (κ1) is 53.8. The minimum absolute atomic E-state index is 0.0642. The highest BCUT2D eigenvalue weighted by atomic mass is 35.5. The van der Waals surface area contributed by atoms with Crippen molar-refractivity contribution in [2.45, 2.75) is 17.8 Å². The molecule has 0 aliphatic heterocycles. The fourth-order valence-corrected chi connectivity index (χ4v) is 12.4. The summed E-state index contributed by atoms with van der Waals surface area (Å²) in [6, 6.07) is 58.4. The van der Waals surface area contributed by atoms with Gasteiger partial charge >= 0.3 is 17.8 Å². The van der Waals surface area contributed by atoms with Crippen LogP contribution in [0.25, 0.3) is 52.9 Å². The van der Waals surface area contributed by atoms with Crippen LogP contribution in [0, 0.1) is 0 Å². The number of benzene rings is 8. The maximum atomic E-state index is 17.3. The van der Waals surface area contributed by atoms with Crippen molar-refractivity contribution in [2.24, 2.45) is 0 Å². The minimum Gasteiger partial charge on any atom is -0.497 e. The van der Waals surface area contributed by atoms with Gasteiger partial charge in [-0.05, 0) is 204 Å². The highest BCUT2D eigenvalue weighted by Crippen LogP contribution is 2.67. The van der Waals surface area contributed by atoms with E-state index in [1.54, 1.807) is 121 Å². The largest absolute Gasteiger partial charge is 0.497 e. The molecule has 2 heterocycles. The topological polar surface area (TPSA) is 24.9 Å². The number of hydrogen-bond donors (Lipinski definition) is 0. The van der Waals surface area contributed by atoms with Crippen LogP contribution < -0.4 is 19.3 Å². The van der Waals surface area contributed by atoms with E-state index >= 15 is 26.3 Å². The summed E-state index contributed by atoms with van der Waals surface area (Å²) in [6.07, 6.45) is 0. The Morgan fingerprint density at radius 1 is 0.342 bits per heavy atom. The molecule has 0 unspecified atom stereocenters. The molecule has 396 valence electrons. The monoisotopic (exact) mass is 1170 g/mol. The molecule has 0 radical (unpaired) electrons. The zero-order valence-corrected chi connectivity index (χ0v) is 46.1. The second-order valence-electron chi connectivity index (χ2n) is 18.3. The molecule has 0 amide bonds. The maximum Gasteiger partial charge on any atom is 0.380 e. The highest BCUT2D eigenvalue weighted by Gasteiger charge is 2.80. The van der Waals surface area contributed by atoms with Crippen LogP contribution in [0.5, 0.6) is 11.5 Å². The zero-order chi connectivity index (χ0) is 55.4. The van der Waals surface area contributed by atoms with E-state index in [2.05, 4.69) is 0 Å². The summed E-state index contributed by atoms with van der Waals surface area (Å²) in [5.41, 5.74) is 2.18. The molecule has 11 rings (SSSR count). The summed E-state index contributed by atoms with van der Waals surface area (Å²) in [6.45, 7) is 0. The maximum absolute atomic E-state index is 17.3. The van der Waals surface area contributed by atoms with Gasteiger partial charge in [0.1, 0.15) is 11.5 Å². The predicted molar refractivity (Wildman–Crippen MR) is 315 cm³/mol. The molecule has 79 heavy (non-hydrogen) atoms. The summed E-state index contributed by atoms with van der Waals surface area (Å²) in [5.74, 6) is -15.8. The van der Waals surface area contributed by atoms with Crippen molar-refractivity contribution in [3.63, 3.8) is 0 Å². The first-order chi connectivity index (χ1) is 37.9. The number of nitrogens with zero attached hydrogens (tertiary/aromatic N) is 2. The van der Waals surface area contributed by atoms with E-state index in [-0.39, 0.29) is 9.75 Å². The van der Waals surface area contributed by atoms with Crippen LogP contribution in [-0.4, -0.2) is 32.0 Å². The number of rotatable bonds is 14. The van der Waals surface area contributed by atoms with Gasteiger partial charge in [-0.1, -0.05) is 70.7 Å². The van der Waals surface area contributed by atoms with Crippen LogP contribution in [0.2, 0.25) is 20.1 Å². The average molecular weight is 1180 g/mol. The quantitative estimate of drug-likeness (QED) is 0.101. The van der Waals surface area contributed by atoms with Gasteiger partial charge in [-0.25, -0.2) is 0 Å². The van der Waals surface area contributed by atoms with Gasteiger partial charge in [0.25, 0.3) is 0 Å². The third-order valence-electron chi connectivity index (χ3n) is 13.5. The van der Waals surface area contributed by atoms with Gasteiger partial charge in [0.05, 0.1) is 14.2 Å². The molecule has 16 heteroatoms. The van der Waals surface area contributed by atoms with Gasteiger partial charge in [0.2, 0.25) is 0 Å². The number of anilines is 6. The predicted octanol–water partition coefficient (Wildman–Crippen LogP) is 21.9. The Morgan fingerprint density at radius 3 is 0.835 bits per heavy atom. The van der Waals surface area contributed by atoms with Crippen LogP contribution in [0.15, 0.2) is 206 Å². The molecule has 0 saturated heterocycles. The number of methoxy groups -OCH3 is 2. The SMILES string of the molecule is COc1ccc(-c2sc(-c3ccc(N(c4ccc(Cl)cc4)c4ccc(Cl)cc4)cc3)cc2C2=C(c3cc(-c4ccc(N(c5ccc(Cl)cc5)c5ccc(Cl)cc5)cc4)sc3-c3ccc(OC)cc3)C(F)(F)C(F)(F)C2(F)F)cc1. The Bertz CT molecular complexity index is 3510. The Hall–Kier alpha value is -7.16. The molecule has 0 spiro atoms. The minimum atomic E-state index is -5.87. The summed E-state index contributed by atoms with van der Waals surface area (Å²) in [4.78, 5) is 4.75. The average Bonchev–Trinajstić information content (AvgIpc) is 2.85. The van der Waals surface area contributed by atoms with Gasteiger partial charge in [-0.15, -0.1) is 22.7 Å². The van der Waals surface area contributed by atoms with Gasteiger partial charge in [-0.3, -0.25) is 0 Å². The van der Waals surface area contributed by atoms with Crippen LogP contribution >= 0.6 is 69.1 Å². The molecule has 10 aromatic rings. The standard InChI is InChI=1S/C63H40Cl4F6N2O2S2/c1-76-51-31-7-39(8-32-51)59-53(35-55(78-59)37-3-19-45(20-4-37)74(47-23-11-41(64)12-24-47)48-25-13-42(65)14-26-48)57-58(62(70,71)63(72,73)61(57,68)69)54-36-56(79-60(54)40-9-33-52(77-2)34-10-40)38-5-21-46(22-6-38)75(49-27-15-43(66)16-28-49)50-29-17-44(67)18-30-50/h3-36H,1-2H3.